The summed E-state index contributed by atoms with van der Waals surface area (Å²) in [6, 6.07) is 2.59. The third kappa shape index (κ3) is 4.67. The Balaban J connectivity index is 1.90. The zero-order valence-corrected chi connectivity index (χ0v) is 11.9. The molecule has 0 radical (unpaired) electrons. The molecule has 2 N–H and O–H groups in total. The molecule has 1 saturated carbocycles. The van der Waals surface area contributed by atoms with Crippen molar-refractivity contribution in [2.24, 2.45) is 0 Å². The maximum atomic E-state index is 5.02. The number of nitrogens with zero attached hydrogens (tertiary/aromatic N) is 2. The molecule has 0 unspecified atom stereocenters. The van der Waals surface area contributed by atoms with Crippen LogP contribution in [-0.2, 0) is 4.74 Å². The van der Waals surface area contributed by atoms with Crippen LogP contribution in [0.15, 0.2) is 6.07 Å². The van der Waals surface area contributed by atoms with Gasteiger partial charge in [-0.3, -0.25) is 0 Å². The van der Waals surface area contributed by atoms with E-state index in [0.717, 1.165) is 31.1 Å². The van der Waals surface area contributed by atoms with Gasteiger partial charge in [-0.25, -0.2) is 4.98 Å². The average molecular weight is 264 g/mol. The smallest absolute Gasteiger partial charge is 0.224 e. The van der Waals surface area contributed by atoms with E-state index in [2.05, 4.69) is 20.6 Å². The second-order valence-electron chi connectivity index (χ2n) is 5.12. The third-order valence-electron chi connectivity index (χ3n) is 3.37. The second kappa shape index (κ2) is 7.28. The molecule has 0 aromatic carbocycles. The fourth-order valence-electron chi connectivity index (χ4n) is 2.42. The maximum Gasteiger partial charge on any atom is 0.224 e. The summed E-state index contributed by atoms with van der Waals surface area (Å²) < 4.78 is 5.02. The number of aromatic nitrogens is 2. The van der Waals surface area contributed by atoms with Crippen molar-refractivity contribution < 1.29 is 4.74 Å². The van der Waals surface area contributed by atoms with Crippen LogP contribution in [0.5, 0.6) is 0 Å². The summed E-state index contributed by atoms with van der Waals surface area (Å²) in [5.41, 5.74) is 0.990. The lowest BCUT2D eigenvalue weighted by Gasteiger charge is -2.14. The van der Waals surface area contributed by atoms with Crippen molar-refractivity contribution in [1.29, 1.82) is 0 Å². The Bertz CT molecular complexity index is 391. The van der Waals surface area contributed by atoms with E-state index in [-0.39, 0.29) is 0 Å². The summed E-state index contributed by atoms with van der Waals surface area (Å²) in [4.78, 5) is 8.92. The fraction of sp³-hybridized carbons (Fsp3) is 0.714. The Kier molecular flexibility index (Phi) is 5.39. The SMILES string of the molecule is COCCCNc1nc(C)cc(NC2CCCC2)n1. The molecule has 5 heteroatoms. The molecule has 0 amide bonds. The normalized spacial score (nSPS) is 15.7. The molecule has 106 valence electrons. The second-order valence-corrected chi connectivity index (χ2v) is 5.12. The van der Waals surface area contributed by atoms with Crippen molar-refractivity contribution in [2.45, 2.75) is 45.1 Å². The van der Waals surface area contributed by atoms with E-state index in [4.69, 9.17) is 4.74 Å². The van der Waals surface area contributed by atoms with E-state index in [1.54, 1.807) is 7.11 Å². The van der Waals surface area contributed by atoms with Crippen molar-refractivity contribution in [3.63, 3.8) is 0 Å². The number of aryl methyl sites for hydroxylation is 1. The van der Waals surface area contributed by atoms with Crippen LogP contribution in [0.1, 0.15) is 37.8 Å². The van der Waals surface area contributed by atoms with Gasteiger partial charge < -0.3 is 15.4 Å². The molecule has 0 spiro atoms. The van der Waals surface area contributed by atoms with Gasteiger partial charge in [-0.2, -0.15) is 4.98 Å². The van der Waals surface area contributed by atoms with Gasteiger partial charge in [-0.1, -0.05) is 12.8 Å². The summed E-state index contributed by atoms with van der Waals surface area (Å²) in [6.07, 6.45) is 6.10. The van der Waals surface area contributed by atoms with Crippen molar-refractivity contribution in [2.75, 3.05) is 30.9 Å². The monoisotopic (exact) mass is 264 g/mol. The Labute approximate surface area is 115 Å². The standard InChI is InChI=1S/C14H24N4O/c1-11-10-13(17-12-6-3-4-7-12)18-14(16-11)15-8-5-9-19-2/h10,12H,3-9H2,1-2H3,(H2,15,16,17,18). The molecule has 1 aromatic heterocycles. The highest BCUT2D eigenvalue weighted by molar-refractivity contribution is 5.43. The molecule has 1 fully saturated rings. The molecule has 5 nitrogen and oxygen atoms in total. The van der Waals surface area contributed by atoms with Gasteiger partial charge in [0.15, 0.2) is 0 Å². The lowest BCUT2D eigenvalue weighted by Crippen LogP contribution is -2.17. The van der Waals surface area contributed by atoms with E-state index in [0.29, 0.717) is 12.0 Å². The van der Waals surface area contributed by atoms with Crippen LogP contribution in [0.3, 0.4) is 0 Å². The van der Waals surface area contributed by atoms with Crippen LogP contribution in [0.4, 0.5) is 11.8 Å². The average Bonchev–Trinajstić information content (AvgIpc) is 2.87. The summed E-state index contributed by atoms with van der Waals surface area (Å²) >= 11 is 0. The van der Waals surface area contributed by atoms with Crippen LogP contribution >= 0.6 is 0 Å². The molecule has 0 atom stereocenters. The van der Waals surface area contributed by atoms with Crippen LogP contribution < -0.4 is 10.6 Å². The quantitative estimate of drug-likeness (QED) is 0.741. The zero-order chi connectivity index (χ0) is 13.5. The minimum Gasteiger partial charge on any atom is -0.385 e. The highest BCUT2D eigenvalue weighted by atomic mass is 16.5. The molecular formula is C14H24N4O. The number of anilines is 2. The van der Waals surface area contributed by atoms with Crippen LogP contribution in [0.25, 0.3) is 0 Å². The van der Waals surface area contributed by atoms with Gasteiger partial charge in [0, 0.05) is 38.1 Å². The molecule has 2 rings (SSSR count). The molecule has 0 bridgehead atoms. The van der Waals surface area contributed by atoms with Gasteiger partial charge in [0.1, 0.15) is 5.82 Å². The molecule has 19 heavy (non-hydrogen) atoms. The zero-order valence-electron chi connectivity index (χ0n) is 11.9. The molecule has 1 aromatic rings. The lowest BCUT2D eigenvalue weighted by atomic mass is 10.2. The van der Waals surface area contributed by atoms with Crippen LogP contribution in [0.2, 0.25) is 0 Å². The number of hydrogen-bond acceptors (Lipinski definition) is 5. The number of nitrogens with one attached hydrogen (secondary N) is 2. The third-order valence-corrected chi connectivity index (χ3v) is 3.37. The fourth-order valence-corrected chi connectivity index (χ4v) is 2.42. The first-order valence-electron chi connectivity index (χ1n) is 7.13. The predicted octanol–water partition coefficient (Wildman–Crippen LogP) is 2.59. The Morgan fingerprint density at radius 1 is 1.32 bits per heavy atom. The van der Waals surface area contributed by atoms with Crippen molar-refractivity contribution in [3.8, 4) is 0 Å². The van der Waals surface area contributed by atoms with E-state index >= 15 is 0 Å². The van der Waals surface area contributed by atoms with Gasteiger partial charge in [0.25, 0.3) is 0 Å². The highest BCUT2D eigenvalue weighted by Gasteiger charge is 2.15. The Hall–Kier alpha value is -1.36. The van der Waals surface area contributed by atoms with Gasteiger partial charge >= 0.3 is 0 Å². The number of rotatable bonds is 7. The molecule has 1 heterocycles. The minimum atomic E-state index is 0.579. The van der Waals surface area contributed by atoms with Gasteiger partial charge in [0.05, 0.1) is 0 Å². The summed E-state index contributed by atoms with van der Waals surface area (Å²) in [5.74, 6) is 1.64. The predicted molar refractivity (Wildman–Crippen MR) is 77.6 cm³/mol. The van der Waals surface area contributed by atoms with E-state index in [1.807, 2.05) is 13.0 Å². The van der Waals surface area contributed by atoms with Crippen LogP contribution in [0, 0.1) is 6.92 Å². The first-order chi connectivity index (χ1) is 9.28. The maximum absolute atomic E-state index is 5.02. The van der Waals surface area contributed by atoms with Gasteiger partial charge in [-0.05, 0) is 26.2 Å². The minimum absolute atomic E-state index is 0.579. The van der Waals surface area contributed by atoms with E-state index in [9.17, 15) is 0 Å². The molecule has 1 aliphatic carbocycles. The Morgan fingerprint density at radius 2 is 2.11 bits per heavy atom. The van der Waals surface area contributed by atoms with E-state index < -0.39 is 0 Å². The molecular weight excluding hydrogens is 240 g/mol. The van der Waals surface area contributed by atoms with Crippen molar-refractivity contribution in [3.05, 3.63) is 11.8 Å². The number of ether oxygens (including phenoxy) is 1. The molecule has 0 saturated heterocycles. The first kappa shape index (κ1) is 14.1. The largest absolute Gasteiger partial charge is 0.385 e. The summed E-state index contributed by atoms with van der Waals surface area (Å²) in [6.45, 7) is 3.59. The van der Waals surface area contributed by atoms with Gasteiger partial charge in [0.2, 0.25) is 5.95 Å². The van der Waals surface area contributed by atoms with E-state index in [1.165, 1.54) is 25.7 Å². The number of methoxy groups -OCH3 is 1. The Morgan fingerprint density at radius 3 is 2.84 bits per heavy atom. The van der Waals surface area contributed by atoms with Gasteiger partial charge in [-0.15, -0.1) is 0 Å². The highest BCUT2D eigenvalue weighted by Crippen LogP contribution is 2.22. The van der Waals surface area contributed by atoms with Crippen molar-refractivity contribution in [1.82, 2.24) is 9.97 Å². The molecule has 0 aliphatic heterocycles. The first-order valence-corrected chi connectivity index (χ1v) is 7.13. The van der Waals surface area contributed by atoms with Crippen molar-refractivity contribution >= 4 is 11.8 Å². The van der Waals surface area contributed by atoms with Crippen LogP contribution in [-0.4, -0.2) is 36.3 Å². The lowest BCUT2D eigenvalue weighted by molar-refractivity contribution is 0.197. The summed E-state index contributed by atoms with van der Waals surface area (Å²) in [5, 5.41) is 6.75. The topological polar surface area (TPSA) is 59.1 Å². The number of hydrogen-bond donors (Lipinski definition) is 2. The molecule has 1 aliphatic rings. The summed E-state index contributed by atoms with van der Waals surface area (Å²) in [7, 11) is 1.72.